The van der Waals surface area contributed by atoms with Gasteiger partial charge in [-0.2, -0.15) is 0 Å². The number of nitrogens with one attached hydrogen (secondary N) is 1. The summed E-state index contributed by atoms with van der Waals surface area (Å²) >= 11 is 1.82. The van der Waals surface area contributed by atoms with E-state index in [4.69, 9.17) is 4.74 Å². The second kappa shape index (κ2) is 6.02. The molecule has 1 aromatic carbocycles. The molecule has 2 fully saturated rings. The van der Waals surface area contributed by atoms with Gasteiger partial charge in [-0.25, -0.2) is 0 Å². The number of hydrogen-bond donors (Lipinski definition) is 1. The number of rotatable bonds is 3. The Kier molecular flexibility index (Phi) is 4.32. The largest absolute Gasteiger partial charge is 0.373 e. The van der Waals surface area contributed by atoms with Crippen molar-refractivity contribution in [2.24, 2.45) is 0 Å². The average Bonchev–Trinajstić information content (AvgIpc) is 3.00. The summed E-state index contributed by atoms with van der Waals surface area (Å²) in [6.07, 6.45) is 5.52. The fraction of sp³-hybridized carbons (Fsp3) is 0.500. The fourth-order valence-corrected chi connectivity index (χ4v) is 4.44. The molecule has 2 bridgehead atoms. The van der Waals surface area contributed by atoms with Gasteiger partial charge in [0.05, 0.1) is 12.7 Å². The van der Waals surface area contributed by atoms with E-state index in [1.807, 2.05) is 11.3 Å². The topological polar surface area (TPSA) is 21.3 Å². The molecular weight excluding hydrogens is 290 g/mol. The predicted molar refractivity (Wildman–Crippen MR) is 86.8 cm³/mol. The molecule has 0 spiro atoms. The van der Waals surface area contributed by atoms with Crippen LogP contribution in [0, 0.1) is 0 Å². The SMILES string of the molecule is Cl.c1ccc2c(COC3C[C@H]4CC[C@@H](C3)N4)csc2c1. The number of benzene rings is 1. The first-order chi connectivity index (χ1) is 9.38. The lowest BCUT2D eigenvalue weighted by Crippen LogP contribution is -2.41. The van der Waals surface area contributed by atoms with Crippen LogP contribution in [0.1, 0.15) is 31.2 Å². The third kappa shape index (κ3) is 2.73. The molecule has 4 heteroatoms. The van der Waals surface area contributed by atoms with Crippen LogP contribution in [0.15, 0.2) is 29.6 Å². The van der Waals surface area contributed by atoms with Gasteiger partial charge in [0.2, 0.25) is 0 Å². The molecule has 2 saturated heterocycles. The zero-order chi connectivity index (χ0) is 12.7. The van der Waals surface area contributed by atoms with Gasteiger partial charge in [-0.1, -0.05) is 18.2 Å². The monoisotopic (exact) mass is 309 g/mol. The Morgan fingerprint density at radius 2 is 1.90 bits per heavy atom. The van der Waals surface area contributed by atoms with E-state index >= 15 is 0 Å². The first-order valence-electron chi connectivity index (χ1n) is 7.21. The van der Waals surface area contributed by atoms with Gasteiger partial charge in [0, 0.05) is 16.8 Å². The Hall–Kier alpha value is -0.610. The Morgan fingerprint density at radius 3 is 2.70 bits per heavy atom. The molecule has 0 aliphatic carbocycles. The van der Waals surface area contributed by atoms with Gasteiger partial charge in [-0.05, 0) is 48.1 Å². The maximum absolute atomic E-state index is 6.18. The third-order valence-corrected chi connectivity index (χ3v) is 5.48. The molecule has 2 aromatic rings. The minimum absolute atomic E-state index is 0. The van der Waals surface area contributed by atoms with Crippen LogP contribution in [0.2, 0.25) is 0 Å². The van der Waals surface area contributed by atoms with E-state index in [9.17, 15) is 0 Å². The molecule has 3 heterocycles. The number of ether oxygens (including phenoxy) is 1. The van der Waals surface area contributed by atoms with Gasteiger partial charge < -0.3 is 10.1 Å². The van der Waals surface area contributed by atoms with Gasteiger partial charge in [-0.3, -0.25) is 0 Å². The Morgan fingerprint density at radius 1 is 1.15 bits per heavy atom. The number of piperidine rings is 1. The van der Waals surface area contributed by atoms with E-state index in [0.29, 0.717) is 18.2 Å². The van der Waals surface area contributed by atoms with Crippen molar-refractivity contribution in [1.29, 1.82) is 0 Å². The van der Waals surface area contributed by atoms with E-state index in [2.05, 4.69) is 35.0 Å². The molecule has 0 radical (unpaired) electrons. The lowest BCUT2D eigenvalue weighted by molar-refractivity contribution is 0.00980. The van der Waals surface area contributed by atoms with E-state index in [1.165, 1.54) is 41.3 Å². The summed E-state index contributed by atoms with van der Waals surface area (Å²) in [6.45, 7) is 0.772. The van der Waals surface area contributed by atoms with Crippen molar-refractivity contribution in [2.75, 3.05) is 0 Å². The lowest BCUT2D eigenvalue weighted by atomic mass is 10.0. The van der Waals surface area contributed by atoms with Crippen molar-refractivity contribution in [3.05, 3.63) is 35.2 Å². The minimum atomic E-state index is 0. The van der Waals surface area contributed by atoms with Gasteiger partial charge >= 0.3 is 0 Å². The van der Waals surface area contributed by atoms with Crippen molar-refractivity contribution in [3.63, 3.8) is 0 Å². The number of hydrogen-bond acceptors (Lipinski definition) is 3. The van der Waals surface area contributed by atoms with Gasteiger partial charge in [0.15, 0.2) is 0 Å². The van der Waals surface area contributed by atoms with Gasteiger partial charge in [-0.15, -0.1) is 23.7 Å². The predicted octanol–water partition coefficient (Wildman–Crippen LogP) is 4.12. The molecule has 3 atom stereocenters. The standard InChI is InChI=1S/C16H19NOS.ClH/c1-2-4-16-15(3-1)11(10-19-16)9-18-14-7-12-5-6-13(8-14)17-12;/h1-4,10,12-14,17H,5-9H2;1H/t12-,13+,14?;. The summed E-state index contributed by atoms with van der Waals surface area (Å²) < 4.78 is 7.55. The number of fused-ring (bicyclic) bond motifs is 3. The zero-order valence-corrected chi connectivity index (χ0v) is 13.0. The Balaban J connectivity index is 0.00000121. The van der Waals surface area contributed by atoms with Crippen molar-refractivity contribution in [3.8, 4) is 0 Å². The second-order valence-electron chi connectivity index (χ2n) is 5.80. The molecule has 0 saturated carbocycles. The van der Waals surface area contributed by atoms with E-state index in [-0.39, 0.29) is 12.4 Å². The van der Waals surface area contributed by atoms with Crippen molar-refractivity contribution in [1.82, 2.24) is 5.32 Å². The quantitative estimate of drug-likeness (QED) is 0.920. The van der Waals surface area contributed by atoms with Crippen LogP contribution in [0.25, 0.3) is 10.1 Å². The molecule has 4 rings (SSSR count). The number of thiophene rings is 1. The summed E-state index contributed by atoms with van der Waals surface area (Å²) in [7, 11) is 0. The molecular formula is C16H20ClNOS. The fourth-order valence-electron chi connectivity index (χ4n) is 3.49. The summed E-state index contributed by atoms with van der Waals surface area (Å²) in [5.41, 5.74) is 1.35. The normalized spacial score (nSPS) is 28.5. The van der Waals surface area contributed by atoms with Crippen LogP contribution in [-0.2, 0) is 11.3 Å². The molecule has 2 aliphatic heterocycles. The minimum Gasteiger partial charge on any atom is -0.373 e. The highest BCUT2D eigenvalue weighted by Crippen LogP contribution is 2.31. The van der Waals surface area contributed by atoms with Crippen molar-refractivity contribution >= 4 is 33.8 Å². The first kappa shape index (κ1) is 14.3. The molecule has 2 nitrogen and oxygen atoms in total. The van der Waals surface area contributed by atoms with E-state index in [0.717, 1.165) is 6.61 Å². The van der Waals surface area contributed by atoms with Crippen LogP contribution < -0.4 is 5.32 Å². The molecule has 0 amide bonds. The highest BCUT2D eigenvalue weighted by molar-refractivity contribution is 7.17. The second-order valence-corrected chi connectivity index (χ2v) is 6.71. The maximum atomic E-state index is 6.18. The average molecular weight is 310 g/mol. The highest BCUT2D eigenvalue weighted by Gasteiger charge is 2.33. The van der Waals surface area contributed by atoms with Gasteiger partial charge in [0.1, 0.15) is 0 Å². The molecule has 20 heavy (non-hydrogen) atoms. The van der Waals surface area contributed by atoms with Crippen LogP contribution in [0.5, 0.6) is 0 Å². The lowest BCUT2D eigenvalue weighted by Gasteiger charge is -2.29. The van der Waals surface area contributed by atoms with Crippen LogP contribution in [-0.4, -0.2) is 18.2 Å². The summed E-state index contributed by atoms with van der Waals surface area (Å²) in [5, 5.41) is 7.28. The Bertz CT molecular complexity index is 573. The Labute approximate surface area is 129 Å². The smallest absolute Gasteiger partial charge is 0.0734 e. The highest BCUT2D eigenvalue weighted by atomic mass is 35.5. The van der Waals surface area contributed by atoms with E-state index < -0.39 is 0 Å². The molecule has 108 valence electrons. The maximum Gasteiger partial charge on any atom is 0.0734 e. The summed E-state index contributed by atoms with van der Waals surface area (Å²) in [5.74, 6) is 0. The molecule has 1 N–H and O–H groups in total. The summed E-state index contributed by atoms with van der Waals surface area (Å²) in [6, 6.07) is 10.0. The van der Waals surface area contributed by atoms with E-state index in [1.54, 1.807) is 0 Å². The van der Waals surface area contributed by atoms with Crippen molar-refractivity contribution in [2.45, 2.75) is 50.5 Å². The van der Waals surface area contributed by atoms with Crippen LogP contribution in [0.4, 0.5) is 0 Å². The first-order valence-corrected chi connectivity index (χ1v) is 8.09. The van der Waals surface area contributed by atoms with Crippen LogP contribution >= 0.6 is 23.7 Å². The number of halogens is 1. The molecule has 2 aliphatic rings. The zero-order valence-electron chi connectivity index (χ0n) is 11.4. The van der Waals surface area contributed by atoms with Gasteiger partial charge in [0.25, 0.3) is 0 Å². The van der Waals surface area contributed by atoms with Crippen LogP contribution in [0.3, 0.4) is 0 Å². The summed E-state index contributed by atoms with van der Waals surface area (Å²) in [4.78, 5) is 0. The van der Waals surface area contributed by atoms with Crippen molar-refractivity contribution < 1.29 is 4.74 Å². The molecule has 1 aromatic heterocycles. The third-order valence-electron chi connectivity index (χ3n) is 4.47. The molecule has 1 unspecified atom stereocenters.